The van der Waals surface area contributed by atoms with Crippen LogP contribution in [-0.2, 0) is 17.4 Å². The van der Waals surface area contributed by atoms with Gasteiger partial charge in [-0.15, -0.1) is 0 Å². The van der Waals surface area contributed by atoms with Crippen LogP contribution < -0.4 is 10.1 Å². The minimum absolute atomic E-state index is 0.182. The maximum Gasteiger partial charge on any atom is 0.416 e. The van der Waals surface area contributed by atoms with Crippen LogP contribution in [0.4, 0.5) is 18.9 Å². The Hall–Kier alpha value is -2.80. The number of alkyl halides is 3. The highest BCUT2D eigenvalue weighted by atomic mass is 19.4. The molecule has 2 aliphatic carbocycles. The topological polar surface area (TPSA) is 58.6 Å². The standard InChI is InChI=1S/C25H24F3NO3/c26-25(27,28)17-6-8-19-16(14-24(9-2-10-24)32-22(19)12-17)11-23(31)29-18-7-5-15-3-1-4-21(30)20(15)13-18/h5-8,11-13,21,30H,1-4,9-10,14H2,(H,29,31)/b16-11+/t21-/m1/s1. The number of hydrogen-bond acceptors (Lipinski definition) is 3. The summed E-state index contributed by atoms with van der Waals surface area (Å²) in [7, 11) is 0. The van der Waals surface area contributed by atoms with Crippen LogP contribution in [0.5, 0.6) is 5.75 Å². The summed E-state index contributed by atoms with van der Waals surface area (Å²) in [5.74, 6) is -0.172. The fourth-order valence-corrected chi connectivity index (χ4v) is 4.93. The molecule has 3 aliphatic rings. The maximum atomic E-state index is 13.2. The normalized spacial score (nSPS) is 22.5. The quantitative estimate of drug-likeness (QED) is 0.577. The van der Waals surface area contributed by atoms with E-state index >= 15 is 0 Å². The first-order chi connectivity index (χ1) is 15.2. The van der Waals surface area contributed by atoms with Crippen LogP contribution >= 0.6 is 0 Å². The van der Waals surface area contributed by atoms with Crippen molar-refractivity contribution in [3.05, 3.63) is 64.7 Å². The van der Waals surface area contributed by atoms with E-state index in [1.54, 1.807) is 6.07 Å². The van der Waals surface area contributed by atoms with E-state index in [9.17, 15) is 23.1 Å². The van der Waals surface area contributed by atoms with Gasteiger partial charge in [-0.3, -0.25) is 4.79 Å². The van der Waals surface area contributed by atoms with E-state index in [1.807, 2.05) is 12.1 Å². The van der Waals surface area contributed by atoms with E-state index < -0.39 is 23.4 Å². The van der Waals surface area contributed by atoms with Gasteiger partial charge in [0.15, 0.2) is 0 Å². The Bertz CT molecular complexity index is 1100. The predicted molar refractivity (Wildman–Crippen MR) is 114 cm³/mol. The fourth-order valence-electron chi connectivity index (χ4n) is 4.93. The number of aliphatic hydroxyl groups is 1. The number of fused-ring (bicyclic) bond motifs is 2. The lowest BCUT2D eigenvalue weighted by Gasteiger charge is -2.46. The zero-order chi connectivity index (χ0) is 22.5. The lowest BCUT2D eigenvalue weighted by molar-refractivity contribution is -0.138. The number of benzene rings is 2. The molecule has 0 radical (unpaired) electrons. The van der Waals surface area contributed by atoms with Crippen LogP contribution in [-0.4, -0.2) is 16.6 Å². The molecule has 168 valence electrons. The highest BCUT2D eigenvalue weighted by Gasteiger charge is 2.44. The molecule has 2 aromatic rings. The van der Waals surface area contributed by atoms with Gasteiger partial charge in [-0.25, -0.2) is 0 Å². The van der Waals surface area contributed by atoms with Crippen molar-refractivity contribution in [3.63, 3.8) is 0 Å². The zero-order valence-corrected chi connectivity index (χ0v) is 17.5. The van der Waals surface area contributed by atoms with E-state index in [0.29, 0.717) is 29.7 Å². The molecule has 1 atom stereocenters. The lowest BCUT2D eigenvalue weighted by atomic mass is 9.72. The summed E-state index contributed by atoms with van der Waals surface area (Å²) in [4.78, 5) is 12.8. The third-order valence-corrected chi connectivity index (χ3v) is 6.76. The van der Waals surface area contributed by atoms with Crippen molar-refractivity contribution in [2.45, 2.75) is 62.8 Å². The number of carbonyl (C=O) groups is 1. The first-order valence-corrected chi connectivity index (χ1v) is 11.0. The molecule has 1 heterocycles. The van der Waals surface area contributed by atoms with Crippen LogP contribution in [0.25, 0.3) is 5.57 Å². The molecule has 1 aliphatic heterocycles. The van der Waals surface area contributed by atoms with Crippen molar-refractivity contribution in [2.24, 2.45) is 0 Å². The number of aliphatic hydroxyl groups excluding tert-OH is 1. The molecule has 2 aromatic carbocycles. The van der Waals surface area contributed by atoms with Crippen molar-refractivity contribution < 1.29 is 27.8 Å². The summed E-state index contributed by atoms with van der Waals surface area (Å²) in [6, 6.07) is 8.98. The van der Waals surface area contributed by atoms with Crippen molar-refractivity contribution in [1.82, 2.24) is 0 Å². The number of rotatable bonds is 2. The average Bonchev–Trinajstić information content (AvgIpc) is 2.72. The first-order valence-electron chi connectivity index (χ1n) is 11.0. The molecule has 4 nitrogen and oxygen atoms in total. The van der Waals surface area contributed by atoms with Crippen LogP contribution in [0, 0.1) is 0 Å². The Morgan fingerprint density at radius 2 is 1.97 bits per heavy atom. The molecule has 32 heavy (non-hydrogen) atoms. The molecule has 2 N–H and O–H groups in total. The number of amides is 1. The van der Waals surface area contributed by atoms with Crippen molar-refractivity contribution in [3.8, 4) is 5.75 Å². The van der Waals surface area contributed by atoms with Gasteiger partial charge in [-0.2, -0.15) is 13.2 Å². The molecule has 0 unspecified atom stereocenters. The van der Waals surface area contributed by atoms with Gasteiger partial charge in [-0.05, 0) is 79.5 Å². The minimum Gasteiger partial charge on any atom is -0.486 e. The molecule has 0 aromatic heterocycles. The minimum atomic E-state index is -4.46. The van der Waals surface area contributed by atoms with Gasteiger partial charge < -0.3 is 15.2 Å². The first kappa shape index (κ1) is 21.1. The number of carbonyl (C=O) groups excluding carboxylic acids is 1. The highest BCUT2D eigenvalue weighted by molar-refractivity contribution is 6.04. The number of hydrogen-bond donors (Lipinski definition) is 2. The zero-order valence-electron chi connectivity index (χ0n) is 17.5. The Balaban J connectivity index is 1.43. The summed E-state index contributed by atoms with van der Waals surface area (Å²) in [5.41, 5.74) is 2.42. The van der Waals surface area contributed by atoms with Gasteiger partial charge in [0, 0.05) is 23.7 Å². The third kappa shape index (κ3) is 3.90. The van der Waals surface area contributed by atoms with Gasteiger partial charge in [0.25, 0.3) is 0 Å². The Morgan fingerprint density at radius 1 is 1.16 bits per heavy atom. The number of aryl methyl sites for hydroxylation is 1. The summed E-state index contributed by atoms with van der Waals surface area (Å²) >= 11 is 0. The summed E-state index contributed by atoms with van der Waals surface area (Å²) in [6.07, 6.45) is 1.97. The molecule has 0 saturated heterocycles. The number of anilines is 1. The maximum absolute atomic E-state index is 13.2. The monoisotopic (exact) mass is 443 g/mol. The lowest BCUT2D eigenvalue weighted by Crippen LogP contribution is -2.45. The SMILES string of the molecule is O=C(/C=C1\CC2(CCC2)Oc2cc(C(F)(F)F)ccc21)Nc1ccc2c(c1)[C@H](O)CCC2. The van der Waals surface area contributed by atoms with Gasteiger partial charge in [-0.1, -0.05) is 12.1 Å². The number of halogens is 3. The van der Waals surface area contributed by atoms with Crippen LogP contribution in [0.2, 0.25) is 0 Å². The van der Waals surface area contributed by atoms with Crippen molar-refractivity contribution in [2.75, 3.05) is 5.32 Å². The molecule has 1 fully saturated rings. The molecule has 7 heteroatoms. The second-order valence-corrected chi connectivity index (χ2v) is 9.00. The van der Waals surface area contributed by atoms with E-state index in [-0.39, 0.29) is 11.7 Å². The predicted octanol–water partition coefficient (Wildman–Crippen LogP) is 5.80. The van der Waals surface area contributed by atoms with Crippen molar-refractivity contribution in [1.29, 1.82) is 0 Å². The van der Waals surface area contributed by atoms with E-state index in [4.69, 9.17) is 4.74 Å². The Kier molecular flexibility index (Phi) is 5.04. The van der Waals surface area contributed by atoms with Gasteiger partial charge in [0.1, 0.15) is 11.4 Å². The van der Waals surface area contributed by atoms with Crippen LogP contribution in [0.15, 0.2) is 42.5 Å². The number of nitrogens with one attached hydrogen (secondary N) is 1. The van der Waals surface area contributed by atoms with Gasteiger partial charge >= 0.3 is 6.18 Å². The van der Waals surface area contributed by atoms with Gasteiger partial charge in [0.2, 0.25) is 5.91 Å². The number of ether oxygens (including phenoxy) is 1. The molecule has 5 rings (SSSR count). The second kappa shape index (κ2) is 7.66. The van der Waals surface area contributed by atoms with E-state index in [0.717, 1.165) is 55.4 Å². The smallest absolute Gasteiger partial charge is 0.416 e. The molecule has 1 spiro atoms. The van der Waals surface area contributed by atoms with E-state index in [1.165, 1.54) is 12.1 Å². The van der Waals surface area contributed by atoms with E-state index in [2.05, 4.69) is 5.32 Å². The fraction of sp³-hybridized carbons (Fsp3) is 0.400. The third-order valence-electron chi connectivity index (χ3n) is 6.76. The summed E-state index contributed by atoms with van der Waals surface area (Å²) in [6.45, 7) is 0. The van der Waals surface area contributed by atoms with Crippen LogP contribution in [0.3, 0.4) is 0 Å². The van der Waals surface area contributed by atoms with Gasteiger partial charge in [0.05, 0.1) is 11.7 Å². The molecular weight excluding hydrogens is 419 g/mol. The molecular formula is C25H24F3NO3. The highest BCUT2D eigenvalue weighted by Crippen LogP contribution is 2.50. The second-order valence-electron chi connectivity index (χ2n) is 9.00. The molecule has 0 bridgehead atoms. The molecule has 1 amide bonds. The Labute approximate surface area is 184 Å². The summed E-state index contributed by atoms with van der Waals surface area (Å²) < 4.78 is 45.6. The Morgan fingerprint density at radius 3 is 2.69 bits per heavy atom. The average molecular weight is 443 g/mol. The van der Waals surface area contributed by atoms with Crippen LogP contribution in [0.1, 0.15) is 66.9 Å². The molecule has 1 saturated carbocycles. The largest absolute Gasteiger partial charge is 0.486 e. The van der Waals surface area contributed by atoms with Crippen molar-refractivity contribution >= 4 is 17.2 Å². The summed E-state index contributed by atoms with van der Waals surface area (Å²) in [5, 5.41) is 13.1.